The zero-order chi connectivity index (χ0) is 9.94. The monoisotopic (exact) mass is 190 g/mol. The molecule has 0 atom stereocenters. The van der Waals surface area contributed by atoms with E-state index >= 15 is 0 Å². The lowest BCUT2D eigenvalue weighted by Crippen LogP contribution is -3.12. The number of hydrogen-bond acceptors (Lipinski definition) is 2. The highest BCUT2D eigenvalue weighted by Gasteiger charge is 2.05. The van der Waals surface area contributed by atoms with E-state index in [-0.39, 0.29) is 13.2 Å². The number of quaternary nitrogens is 1. The molecule has 0 aliphatic heterocycles. The smallest absolute Gasteiger partial charge is 0.0793 e. The molecule has 3 N–H and O–H groups in total. The van der Waals surface area contributed by atoms with Gasteiger partial charge in [0.1, 0.15) is 0 Å². The van der Waals surface area contributed by atoms with Gasteiger partial charge in [-0.05, 0) is 6.42 Å². The fourth-order valence-corrected chi connectivity index (χ4v) is 1.46. The summed E-state index contributed by atoms with van der Waals surface area (Å²) in [7, 11) is 0. The molecule has 0 unspecified atom stereocenters. The van der Waals surface area contributed by atoms with Crippen molar-refractivity contribution in [3.05, 3.63) is 0 Å². The molecule has 3 heteroatoms. The molecule has 0 aliphatic rings. The molecule has 0 aromatic rings. The largest absolute Gasteiger partial charge is 0.396 e. The quantitative estimate of drug-likeness (QED) is 0.456. The van der Waals surface area contributed by atoms with Crippen molar-refractivity contribution in [1.29, 1.82) is 0 Å². The summed E-state index contributed by atoms with van der Waals surface area (Å²) in [5.41, 5.74) is 0. The second-order valence-electron chi connectivity index (χ2n) is 3.51. The molecule has 0 rings (SSSR count). The minimum Gasteiger partial charge on any atom is -0.396 e. The van der Waals surface area contributed by atoms with Crippen LogP contribution in [0.15, 0.2) is 0 Å². The number of unbranched alkanes of at least 4 members (excludes halogenated alkanes) is 1. The summed E-state index contributed by atoms with van der Waals surface area (Å²) in [4.78, 5) is 1.52. The van der Waals surface area contributed by atoms with Crippen molar-refractivity contribution in [2.24, 2.45) is 0 Å². The Bertz CT molecular complexity index is 79.9. The van der Waals surface area contributed by atoms with Gasteiger partial charge in [-0.2, -0.15) is 0 Å². The van der Waals surface area contributed by atoms with Crippen molar-refractivity contribution in [3.8, 4) is 0 Å². The molecule has 0 amide bonds. The van der Waals surface area contributed by atoms with Gasteiger partial charge in [0.05, 0.1) is 19.6 Å². The molecule has 3 nitrogen and oxygen atoms in total. The van der Waals surface area contributed by atoms with Gasteiger partial charge in [0.15, 0.2) is 0 Å². The van der Waals surface area contributed by atoms with E-state index in [9.17, 15) is 0 Å². The third-order valence-corrected chi connectivity index (χ3v) is 2.26. The van der Waals surface area contributed by atoms with E-state index < -0.39 is 0 Å². The Kier molecular flexibility index (Phi) is 9.87. The summed E-state index contributed by atoms with van der Waals surface area (Å²) in [6.45, 7) is 6.02. The molecule has 0 aliphatic carbocycles. The first-order valence-corrected chi connectivity index (χ1v) is 5.40. The molecule has 0 aromatic carbocycles. The zero-order valence-electron chi connectivity index (χ0n) is 8.76. The lowest BCUT2D eigenvalue weighted by atomic mass is 10.3. The molecule has 0 aromatic heterocycles. The Morgan fingerprint density at radius 3 is 1.69 bits per heavy atom. The van der Waals surface area contributed by atoms with Crippen LogP contribution in [0.1, 0.15) is 32.6 Å². The Hall–Kier alpha value is -0.120. The summed E-state index contributed by atoms with van der Waals surface area (Å²) in [6, 6.07) is 0. The summed E-state index contributed by atoms with van der Waals surface area (Å²) in [5, 5.41) is 17.4. The van der Waals surface area contributed by atoms with Gasteiger partial charge >= 0.3 is 0 Å². The fourth-order valence-electron chi connectivity index (χ4n) is 1.46. The third kappa shape index (κ3) is 8.22. The van der Waals surface area contributed by atoms with Gasteiger partial charge in [-0.25, -0.2) is 0 Å². The summed E-state index contributed by atoms with van der Waals surface area (Å²) >= 11 is 0. The molecule has 0 saturated heterocycles. The van der Waals surface area contributed by atoms with Crippen LogP contribution >= 0.6 is 0 Å². The van der Waals surface area contributed by atoms with Crippen molar-refractivity contribution in [2.75, 3.05) is 32.8 Å². The van der Waals surface area contributed by atoms with Crippen molar-refractivity contribution >= 4 is 0 Å². The van der Waals surface area contributed by atoms with Crippen LogP contribution in [-0.2, 0) is 0 Å². The second-order valence-corrected chi connectivity index (χ2v) is 3.51. The van der Waals surface area contributed by atoms with Gasteiger partial charge in [-0.1, -0.05) is 13.3 Å². The SMILES string of the molecule is CCCC[NH+](CCCO)CCCO. The minimum absolute atomic E-state index is 0.286. The highest BCUT2D eigenvalue weighted by atomic mass is 16.3. The minimum atomic E-state index is 0.286. The van der Waals surface area contributed by atoms with E-state index in [2.05, 4.69) is 6.92 Å². The number of aliphatic hydroxyl groups is 2. The predicted molar refractivity (Wildman–Crippen MR) is 53.9 cm³/mol. The lowest BCUT2D eigenvalue weighted by molar-refractivity contribution is -0.900. The first-order valence-electron chi connectivity index (χ1n) is 5.40. The third-order valence-electron chi connectivity index (χ3n) is 2.26. The number of rotatable bonds is 9. The van der Waals surface area contributed by atoms with Crippen LogP contribution in [0.3, 0.4) is 0 Å². The molecule has 0 bridgehead atoms. The first-order chi connectivity index (χ1) is 6.35. The molecule has 0 fully saturated rings. The number of nitrogens with one attached hydrogen (secondary N) is 1. The lowest BCUT2D eigenvalue weighted by Gasteiger charge is -2.18. The second kappa shape index (κ2) is 9.96. The van der Waals surface area contributed by atoms with Gasteiger partial charge < -0.3 is 15.1 Å². The first kappa shape index (κ1) is 12.9. The Morgan fingerprint density at radius 2 is 1.31 bits per heavy atom. The topological polar surface area (TPSA) is 44.9 Å². The maximum Gasteiger partial charge on any atom is 0.0793 e. The predicted octanol–water partition coefficient (Wildman–Crippen LogP) is -0.564. The molecule has 0 saturated carbocycles. The van der Waals surface area contributed by atoms with Crippen molar-refractivity contribution in [1.82, 2.24) is 0 Å². The van der Waals surface area contributed by atoms with Crippen LogP contribution in [-0.4, -0.2) is 43.1 Å². The standard InChI is InChI=1S/C10H23NO2/c1-2-3-6-11(7-4-9-12)8-5-10-13/h12-13H,2-10H2,1H3/p+1. The van der Waals surface area contributed by atoms with Crippen molar-refractivity contribution in [3.63, 3.8) is 0 Å². The van der Waals surface area contributed by atoms with Crippen LogP contribution < -0.4 is 4.90 Å². The zero-order valence-corrected chi connectivity index (χ0v) is 8.76. The van der Waals surface area contributed by atoms with Crippen LogP contribution in [0, 0.1) is 0 Å². The van der Waals surface area contributed by atoms with E-state index in [1.54, 1.807) is 0 Å². The van der Waals surface area contributed by atoms with E-state index in [1.807, 2.05) is 0 Å². The summed E-state index contributed by atoms with van der Waals surface area (Å²) in [5.74, 6) is 0. The highest BCUT2D eigenvalue weighted by molar-refractivity contribution is 4.36. The van der Waals surface area contributed by atoms with Gasteiger partial charge in [0, 0.05) is 26.1 Å². The Labute approximate surface area is 81.4 Å². The molecule has 0 heterocycles. The Balaban J connectivity index is 3.47. The fraction of sp³-hybridized carbons (Fsp3) is 1.00. The molecule has 13 heavy (non-hydrogen) atoms. The molecular formula is C10H24NO2+. The van der Waals surface area contributed by atoms with Crippen LogP contribution in [0.2, 0.25) is 0 Å². The van der Waals surface area contributed by atoms with E-state index in [0.29, 0.717) is 0 Å². The van der Waals surface area contributed by atoms with Gasteiger partial charge in [-0.15, -0.1) is 0 Å². The van der Waals surface area contributed by atoms with Crippen LogP contribution in [0.5, 0.6) is 0 Å². The molecule has 0 radical (unpaired) electrons. The average Bonchev–Trinajstić information content (AvgIpc) is 2.17. The number of hydrogen-bond donors (Lipinski definition) is 3. The average molecular weight is 190 g/mol. The van der Waals surface area contributed by atoms with Gasteiger partial charge in [-0.3, -0.25) is 0 Å². The summed E-state index contributed by atoms with van der Waals surface area (Å²) in [6.07, 6.45) is 4.23. The van der Waals surface area contributed by atoms with Gasteiger partial charge in [0.2, 0.25) is 0 Å². The van der Waals surface area contributed by atoms with Crippen molar-refractivity contribution < 1.29 is 15.1 Å². The van der Waals surface area contributed by atoms with Crippen LogP contribution in [0.4, 0.5) is 0 Å². The Morgan fingerprint density at radius 1 is 0.846 bits per heavy atom. The number of aliphatic hydroxyl groups excluding tert-OH is 2. The van der Waals surface area contributed by atoms with E-state index in [1.165, 1.54) is 24.3 Å². The summed E-state index contributed by atoms with van der Waals surface area (Å²) < 4.78 is 0. The van der Waals surface area contributed by atoms with Crippen LogP contribution in [0.25, 0.3) is 0 Å². The van der Waals surface area contributed by atoms with E-state index in [4.69, 9.17) is 10.2 Å². The maximum atomic E-state index is 8.70. The molecular weight excluding hydrogens is 166 g/mol. The van der Waals surface area contributed by atoms with Crippen molar-refractivity contribution in [2.45, 2.75) is 32.6 Å². The maximum absolute atomic E-state index is 8.70. The molecule has 80 valence electrons. The highest BCUT2D eigenvalue weighted by Crippen LogP contribution is 1.80. The normalized spacial score (nSPS) is 11.1. The van der Waals surface area contributed by atoms with E-state index in [0.717, 1.165) is 25.9 Å². The molecule has 0 spiro atoms. The van der Waals surface area contributed by atoms with Gasteiger partial charge in [0.25, 0.3) is 0 Å².